The van der Waals surface area contributed by atoms with Gasteiger partial charge in [-0.1, -0.05) is 12.8 Å². The minimum Gasteiger partial charge on any atom is -0.385 e. The molecule has 0 aromatic heterocycles. The Balaban J connectivity index is 2.51. The van der Waals surface area contributed by atoms with E-state index in [0.29, 0.717) is 18.5 Å². The second-order valence-corrected chi connectivity index (χ2v) is 7.47. The molecule has 1 aliphatic rings. The number of hydrogen-bond acceptors (Lipinski definition) is 3. The SMILES string of the molecule is CCNC(=O)C(C)(C)CNC(=NC)NCC1(CCOC)CCCC1. The summed E-state index contributed by atoms with van der Waals surface area (Å²) in [6, 6.07) is 0. The number of hydrogen-bond donors (Lipinski definition) is 3. The lowest BCUT2D eigenvalue weighted by molar-refractivity contribution is -0.128. The smallest absolute Gasteiger partial charge is 0.227 e. The number of carbonyl (C=O) groups excluding carboxylic acids is 1. The summed E-state index contributed by atoms with van der Waals surface area (Å²) in [5.74, 6) is 0.816. The first-order valence-electron chi connectivity index (χ1n) is 9.11. The fraction of sp³-hybridized carbons (Fsp3) is 0.889. The average Bonchev–Trinajstić information content (AvgIpc) is 3.02. The quantitative estimate of drug-likeness (QED) is 0.443. The molecule has 0 aliphatic heterocycles. The Hall–Kier alpha value is -1.30. The van der Waals surface area contributed by atoms with Crippen LogP contribution in [0.3, 0.4) is 0 Å². The van der Waals surface area contributed by atoms with Crippen LogP contribution in [0, 0.1) is 10.8 Å². The van der Waals surface area contributed by atoms with E-state index in [9.17, 15) is 4.79 Å². The van der Waals surface area contributed by atoms with Gasteiger partial charge >= 0.3 is 0 Å². The van der Waals surface area contributed by atoms with Gasteiger partial charge in [0.25, 0.3) is 0 Å². The first-order valence-corrected chi connectivity index (χ1v) is 9.11. The molecule has 3 N–H and O–H groups in total. The van der Waals surface area contributed by atoms with E-state index in [1.54, 1.807) is 14.2 Å². The number of nitrogens with zero attached hydrogens (tertiary/aromatic N) is 1. The molecule has 0 aromatic carbocycles. The van der Waals surface area contributed by atoms with Gasteiger partial charge in [0.1, 0.15) is 0 Å². The number of guanidine groups is 1. The summed E-state index contributed by atoms with van der Waals surface area (Å²) in [7, 11) is 3.53. The fourth-order valence-corrected chi connectivity index (χ4v) is 3.24. The maximum absolute atomic E-state index is 12.1. The van der Waals surface area contributed by atoms with Crippen LogP contribution in [-0.4, -0.2) is 52.3 Å². The van der Waals surface area contributed by atoms with Crippen LogP contribution in [0.15, 0.2) is 4.99 Å². The Labute approximate surface area is 147 Å². The number of ether oxygens (including phenoxy) is 1. The summed E-state index contributed by atoms with van der Waals surface area (Å²) >= 11 is 0. The summed E-state index contributed by atoms with van der Waals surface area (Å²) in [5, 5.41) is 9.63. The van der Waals surface area contributed by atoms with Gasteiger partial charge in [-0.25, -0.2) is 0 Å². The van der Waals surface area contributed by atoms with E-state index < -0.39 is 5.41 Å². The second-order valence-electron chi connectivity index (χ2n) is 7.47. The summed E-state index contributed by atoms with van der Waals surface area (Å²) in [4.78, 5) is 16.4. The van der Waals surface area contributed by atoms with Crippen molar-refractivity contribution >= 4 is 11.9 Å². The van der Waals surface area contributed by atoms with Gasteiger partial charge in [0.2, 0.25) is 5.91 Å². The van der Waals surface area contributed by atoms with Crippen LogP contribution in [0.5, 0.6) is 0 Å². The van der Waals surface area contributed by atoms with E-state index in [4.69, 9.17) is 4.74 Å². The predicted octanol–water partition coefficient (Wildman–Crippen LogP) is 1.91. The molecule has 1 amide bonds. The standard InChI is InChI=1S/C18H36N4O2/c1-6-20-15(23)17(2,3)13-21-16(19-4)22-14-18(11-12-24-5)9-7-8-10-18/h6-14H2,1-5H3,(H,20,23)(H2,19,21,22). The molecular weight excluding hydrogens is 304 g/mol. The summed E-state index contributed by atoms with van der Waals surface area (Å²) in [5.41, 5.74) is -0.169. The van der Waals surface area contributed by atoms with Crippen molar-refractivity contribution in [3.63, 3.8) is 0 Å². The van der Waals surface area contributed by atoms with Crippen molar-refractivity contribution in [1.29, 1.82) is 0 Å². The lowest BCUT2D eigenvalue weighted by Gasteiger charge is -2.30. The van der Waals surface area contributed by atoms with Crippen LogP contribution in [0.25, 0.3) is 0 Å². The van der Waals surface area contributed by atoms with Crippen LogP contribution < -0.4 is 16.0 Å². The molecule has 140 valence electrons. The zero-order valence-corrected chi connectivity index (χ0v) is 16.1. The van der Waals surface area contributed by atoms with Crippen molar-refractivity contribution in [2.45, 2.75) is 52.9 Å². The number of aliphatic imine (C=N–C) groups is 1. The first-order chi connectivity index (χ1) is 11.4. The molecule has 1 fully saturated rings. The molecule has 0 radical (unpaired) electrons. The zero-order valence-electron chi connectivity index (χ0n) is 16.1. The topological polar surface area (TPSA) is 74.8 Å². The number of carbonyl (C=O) groups is 1. The van der Waals surface area contributed by atoms with Gasteiger partial charge < -0.3 is 20.7 Å². The molecular formula is C18H36N4O2. The van der Waals surface area contributed by atoms with Crippen molar-refractivity contribution in [1.82, 2.24) is 16.0 Å². The van der Waals surface area contributed by atoms with Crippen molar-refractivity contribution in [3.05, 3.63) is 0 Å². The lowest BCUT2D eigenvalue weighted by atomic mass is 9.83. The van der Waals surface area contributed by atoms with Crippen LogP contribution in [-0.2, 0) is 9.53 Å². The highest BCUT2D eigenvalue weighted by Crippen LogP contribution is 2.40. The van der Waals surface area contributed by atoms with Gasteiger partial charge in [-0.2, -0.15) is 0 Å². The van der Waals surface area contributed by atoms with Crippen LogP contribution >= 0.6 is 0 Å². The molecule has 0 spiro atoms. The van der Waals surface area contributed by atoms with E-state index in [-0.39, 0.29) is 5.91 Å². The zero-order chi connectivity index (χ0) is 18.1. The molecule has 1 rings (SSSR count). The second kappa shape index (κ2) is 9.87. The highest BCUT2D eigenvalue weighted by Gasteiger charge is 2.33. The van der Waals surface area contributed by atoms with Gasteiger partial charge in [0.15, 0.2) is 5.96 Å². The molecule has 24 heavy (non-hydrogen) atoms. The van der Waals surface area contributed by atoms with Crippen LogP contribution in [0.2, 0.25) is 0 Å². The Bertz CT molecular complexity index is 415. The molecule has 1 aliphatic carbocycles. The summed E-state index contributed by atoms with van der Waals surface area (Å²) < 4.78 is 5.29. The maximum atomic E-state index is 12.1. The Kier molecular flexibility index (Phi) is 8.53. The van der Waals surface area contributed by atoms with E-state index in [1.165, 1.54) is 25.7 Å². The van der Waals surface area contributed by atoms with Gasteiger partial charge in [-0.15, -0.1) is 0 Å². The molecule has 6 nitrogen and oxygen atoms in total. The highest BCUT2D eigenvalue weighted by molar-refractivity contribution is 5.84. The third-order valence-electron chi connectivity index (χ3n) is 5.00. The minimum atomic E-state index is -0.477. The van der Waals surface area contributed by atoms with Crippen molar-refractivity contribution in [2.24, 2.45) is 15.8 Å². The Morgan fingerprint density at radius 3 is 2.42 bits per heavy atom. The lowest BCUT2D eigenvalue weighted by Crippen LogP contribution is -2.49. The monoisotopic (exact) mass is 340 g/mol. The molecule has 6 heteroatoms. The molecule has 0 bridgehead atoms. The van der Waals surface area contributed by atoms with Gasteiger partial charge in [0, 0.05) is 40.4 Å². The number of amides is 1. The third kappa shape index (κ3) is 6.30. The van der Waals surface area contributed by atoms with Crippen LogP contribution in [0.1, 0.15) is 52.9 Å². The molecule has 0 atom stereocenters. The number of rotatable bonds is 9. The fourth-order valence-electron chi connectivity index (χ4n) is 3.24. The van der Waals surface area contributed by atoms with Gasteiger partial charge in [-0.05, 0) is 45.4 Å². The summed E-state index contributed by atoms with van der Waals surface area (Å²) in [6.07, 6.45) is 6.15. The van der Waals surface area contributed by atoms with E-state index >= 15 is 0 Å². The van der Waals surface area contributed by atoms with E-state index in [0.717, 1.165) is 25.5 Å². The minimum absolute atomic E-state index is 0.0558. The van der Waals surface area contributed by atoms with E-state index in [2.05, 4.69) is 20.9 Å². The average molecular weight is 341 g/mol. The van der Waals surface area contributed by atoms with Crippen molar-refractivity contribution in [2.75, 3.05) is 40.4 Å². The molecule has 1 saturated carbocycles. The molecule has 0 saturated heterocycles. The molecule has 0 aromatic rings. The predicted molar refractivity (Wildman–Crippen MR) is 99.2 cm³/mol. The largest absolute Gasteiger partial charge is 0.385 e. The van der Waals surface area contributed by atoms with Gasteiger partial charge in [-0.3, -0.25) is 9.79 Å². The molecule has 0 unspecified atom stereocenters. The van der Waals surface area contributed by atoms with Gasteiger partial charge in [0.05, 0.1) is 5.41 Å². The molecule has 0 heterocycles. The van der Waals surface area contributed by atoms with E-state index in [1.807, 2.05) is 20.8 Å². The normalized spacial score (nSPS) is 17.6. The number of methoxy groups -OCH3 is 1. The van der Waals surface area contributed by atoms with Crippen molar-refractivity contribution in [3.8, 4) is 0 Å². The van der Waals surface area contributed by atoms with Crippen molar-refractivity contribution < 1.29 is 9.53 Å². The third-order valence-corrected chi connectivity index (χ3v) is 5.00. The number of nitrogens with one attached hydrogen (secondary N) is 3. The van der Waals surface area contributed by atoms with Crippen LogP contribution in [0.4, 0.5) is 0 Å². The maximum Gasteiger partial charge on any atom is 0.227 e. The first kappa shape index (κ1) is 20.7. The Morgan fingerprint density at radius 2 is 1.88 bits per heavy atom. The Morgan fingerprint density at radius 1 is 1.21 bits per heavy atom. The highest BCUT2D eigenvalue weighted by atomic mass is 16.5. The summed E-state index contributed by atoms with van der Waals surface area (Å²) in [6.45, 7) is 8.71.